The number of pyridine rings is 1. The minimum absolute atomic E-state index is 0.0802. The summed E-state index contributed by atoms with van der Waals surface area (Å²) in [6, 6.07) is 7.89. The van der Waals surface area contributed by atoms with E-state index >= 15 is 0 Å². The molecule has 9 heteroatoms. The first kappa shape index (κ1) is 25.3. The Labute approximate surface area is 206 Å². The zero-order valence-electron chi connectivity index (χ0n) is 21.1. The molecule has 0 saturated heterocycles. The van der Waals surface area contributed by atoms with Gasteiger partial charge in [-0.2, -0.15) is 0 Å². The maximum Gasteiger partial charge on any atom is 0.252 e. The molecule has 1 aliphatic carbocycles. The summed E-state index contributed by atoms with van der Waals surface area (Å²) in [5.74, 6) is 1.84. The van der Waals surface area contributed by atoms with Gasteiger partial charge in [0.1, 0.15) is 5.75 Å². The van der Waals surface area contributed by atoms with Crippen LogP contribution in [-0.4, -0.2) is 55.0 Å². The summed E-state index contributed by atoms with van der Waals surface area (Å²) >= 11 is 0. The topological polar surface area (TPSA) is 109 Å². The van der Waals surface area contributed by atoms with Crippen molar-refractivity contribution in [2.45, 2.75) is 77.9 Å². The number of hydrogen-bond donors (Lipinski definition) is 2. The molecule has 1 saturated carbocycles. The highest BCUT2D eigenvalue weighted by atomic mass is 16.5. The normalized spacial score (nSPS) is 15.8. The van der Waals surface area contributed by atoms with E-state index in [9.17, 15) is 9.90 Å². The lowest BCUT2D eigenvalue weighted by atomic mass is 9.94. The highest BCUT2D eigenvalue weighted by Gasteiger charge is 2.32. The maximum absolute atomic E-state index is 13.0. The number of tetrazole rings is 1. The molecule has 0 aliphatic heterocycles. The SMILES string of the molecule is CCOc1ccc2[nH]c(=O)c(CN(CCCO)[C@H](c3nnnn3C3CCCCC3)C(C)C)cc2c1. The number of H-pyrrole nitrogens is 1. The second-order valence-corrected chi connectivity index (χ2v) is 9.82. The fourth-order valence-electron chi connectivity index (χ4n) is 5.28. The molecule has 1 fully saturated rings. The molecule has 1 aliphatic rings. The van der Waals surface area contributed by atoms with Crippen molar-refractivity contribution in [1.82, 2.24) is 30.1 Å². The molecule has 3 aromatic rings. The Morgan fingerprint density at radius 3 is 2.74 bits per heavy atom. The highest BCUT2D eigenvalue weighted by Crippen LogP contribution is 2.34. The Bertz CT molecular complexity index is 1150. The molecule has 0 bridgehead atoms. The number of aliphatic hydroxyl groups excluding tert-OH is 1. The first-order chi connectivity index (χ1) is 17.0. The maximum atomic E-state index is 13.0. The van der Waals surface area contributed by atoms with E-state index in [4.69, 9.17) is 4.74 Å². The van der Waals surface area contributed by atoms with Crippen LogP contribution >= 0.6 is 0 Å². The molecule has 190 valence electrons. The lowest BCUT2D eigenvalue weighted by Crippen LogP contribution is -2.37. The third kappa shape index (κ3) is 5.90. The average molecular weight is 483 g/mol. The predicted octanol–water partition coefficient (Wildman–Crippen LogP) is 4.00. The number of nitrogens with one attached hydrogen (secondary N) is 1. The summed E-state index contributed by atoms with van der Waals surface area (Å²) in [5.41, 5.74) is 1.35. The van der Waals surface area contributed by atoms with Gasteiger partial charge < -0.3 is 14.8 Å². The van der Waals surface area contributed by atoms with E-state index in [1.54, 1.807) is 0 Å². The summed E-state index contributed by atoms with van der Waals surface area (Å²) in [7, 11) is 0. The number of ether oxygens (including phenoxy) is 1. The van der Waals surface area contributed by atoms with Crippen molar-refractivity contribution in [3.63, 3.8) is 0 Å². The van der Waals surface area contributed by atoms with E-state index in [-0.39, 0.29) is 24.1 Å². The lowest BCUT2D eigenvalue weighted by molar-refractivity contribution is 0.118. The predicted molar refractivity (Wildman–Crippen MR) is 135 cm³/mol. The Kier molecular flexibility index (Phi) is 8.51. The van der Waals surface area contributed by atoms with Crippen LogP contribution in [0.15, 0.2) is 29.1 Å². The number of aromatic nitrogens is 5. The van der Waals surface area contributed by atoms with Crippen molar-refractivity contribution < 1.29 is 9.84 Å². The second-order valence-electron chi connectivity index (χ2n) is 9.82. The van der Waals surface area contributed by atoms with Crippen LogP contribution in [0.25, 0.3) is 10.9 Å². The van der Waals surface area contributed by atoms with Crippen molar-refractivity contribution in [3.05, 3.63) is 46.0 Å². The van der Waals surface area contributed by atoms with Gasteiger partial charge in [0, 0.05) is 36.2 Å². The summed E-state index contributed by atoms with van der Waals surface area (Å²) in [6.45, 7) is 8.01. The molecule has 9 nitrogen and oxygen atoms in total. The van der Waals surface area contributed by atoms with Crippen molar-refractivity contribution >= 4 is 10.9 Å². The number of hydrogen-bond acceptors (Lipinski definition) is 7. The minimum Gasteiger partial charge on any atom is -0.494 e. The highest BCUT2D eigenvalue weighted by molar-refractivity contribution is 5.80. The van der Waals surface area contributed by atoms with E-state index < -0.39 is 0 Å². The number of aromatic amines is 1. The number of nitrogens with zero attached hydrogens (tertiary/aromatic N) is 5. The van der Waals surface area contributed by atoms with Crippen LogP contribution in [0.1, 0.15) is 82.8 Å². The Morgan fingerprint density at radius 2 is 2.03 bits per heavy atom. The number of aliphatic hydroxyl groups is 1. The van der Waals surface area contributed by atoms with Gasteiger partial charge in [-0.1, -0.05) is 33.1 Å². The molecule has 2 aromatic heterocycles. The first-order valence-electron chi connectivity index (χ1n) is 12.9. The van der Waals surface area contributed by atoms with Gasteiger partial charge in [-0.05, 0) is 66.8 Å². The fourth-order valence-corrected chi connectivity index (χ4v) is 5.28. The van der Waals surface area contributed by atoms with Crippen LogP contribution in [0.5, 0.6) is 5.75 Å². The van der Waals surface area contributed by atoms with Crippen LogP contribution in [0.2, 0.25) is 0 Å². The van der Waals surface area contributed by atoms with Gasteiger partial charge in [0.25, 0.3) is 5.56 Å². The lowest BCUT2D eigenvalue weighted by Gasteiger charge is -2.34. The van der Waals surface area contributed by atoms with Gasteiger partial charge in [0.15, 0.2) is 5.82 Å². The van der Waals surface area contributed by atoms with Crippen molar-refractivity contribution in [2.24, 2.45) is 5.92 Å². The van der Waals surface area contributed by atoms with E-state index in [0.29, 0.717) is 37.7 Å². The van der Waals surface area contributed by atoms with Crippen LogP contribution < -0.4 is 10.3 Å². The smallest absolute Gasteiger partial charge is 0.252 e. The van der Waals surface area contributed by atoms with E-state index in [2.05, 4.69) is 39.3 Å². The number of benzene rings is 1. The number of rotatable bonds is 11. The Balaban J connectivity index is 1.69. The molecule has 0 spiro atoms. The van der Waals surface area contributed by atoms with E-state index in [1.165, 1.54) is 19.3 Å². The number of fused-ring (bicyclic) bond motifs is 1. The summed E-state index contributed by atoms with van der Waals surface area (Å²) in [6.07, 6.45) is 6.44. The van der Waals surface area contributed by atoms with Gasteiger partial charge in [0.2, 0.25) is 0 Å². The van der Waals surface area contributed by atoms with Crippen molar-refractivity contribution in [1.29, 1.82) is 0 Å². The average Bonchev–Trinajstić information content (AvgIpc) is 3.33. The largest absolute Gasteiger partial charge is 0.494 e. The van der Waals surface area contributed by atoms with Gasteiger partial charge in [0.05, 0.1) is 18.7 Å². The Hall–Kier alpha value is -2.78. The molecule has 2 heterocycles. The Morgan fingerprint density at radius 1 is 1.23 bits per heavy atom. The van der Waals surface area contributed by atoms with Gasteiger partial charge in [-0.15, -0.1) is 5.10 Å². The molecule has 4 rings (SSSR count). The second kappa shape index (κ2) is 11.8. The zero-order valence-corrected chi connectivity index (χ0v) is 21.1. The van der Waals surface area contributed by atoms with Gasteiger partial charge in [-0.3, -0.25) is 9.69 Å². The summed E-state index contributed by atoms with van der Waals surface area (Å²) in [4.78, 5) is 18.3. The van der Waals surface area contributed by atoms with Crippen LogP contribution in [-0.2, 0) is 6.54 Å². The molecule has 1 aromatic carbocycles. The van der Waals surface area contributed by atoms with E-state index in [0.717, 1.165) is 35.3 Å². The third-order valence-electron chi connectivity index (χ3n) is 6.91. The molecule has 35 heavy (non-hydrogen) atoms. The summed E-state index contributed by atoms with van der Waals surface area (Å²) < 4.78 is 7.68. The molecule has 2 N–H and O–H groups in total. The van der Waals surface area contributed by atoms with Gasteiger partial charge in [-0.25, -0.2) is 4.68 Å². The molecular weight excluding hydrogens is 444 g/mol. The van der Waals surface area contributed by atoms with Crippen molar-refractivity contribution in [2.75, 3.05) is 19.8 Å². The third-order valence-corrected chi connectivity index (χ3v) is 6.91. The van der Waals surface area contributed by atoms with Crippen molar-refractivity contribution in [3.8, 4) is 5.75 Å². The quantitative estimate of drug-likeness (QED) is 0.425. The van der Waals surface area contributed by atoms with Crippen LogP contribution in [0.4, 0.5) is 0 Å². The van der Waals surface area contributed by atoms with Crippen LogP contribution in [0.3, 0.4) is 0 Å². The zero-order chi connectivity index (χ0) is 24.8. The monoisotopic (exact) mass is 482 g/mol. The fraction of sp³-hybridized carbons (Fsp3) is 0.615. The van der Waals surface area contributed by atoms with Gasteiger partial charge >= 0.3 is 0 Å². The summed E-state index contributed by atoms with van der Waals surface area (Å²) in [5, 5.41) is 23.5. The molecular formula is C26H38N6O3. The first-order valence-corrected chi connectivity index (χ1v) is 12.9. The molecule has 0 unspecified atom stereocenters. The molecule has 1 atom stereocenters. The van der Waals surface area contributed by atoms with Crippen LogP contribution in [0, 0.1) is 5.92 Å². The molecule has 0 amide bonds. The minimum atomic E-state index is -0.106. The van der Waals surface area contributed by atoms with E-state index in [1.807, 2.05) is 35.9 Å². The molecule has 0 radical (unpaired) electrons. The standard InChI is InChI=1S/C26H38N6O3/c1-4-35-22-11-12-23-19(16-22)15-20(26(34)27-23)17-31(13-8-14-33)24(18(2)3)25-28-29-30-32(25)21-9-6-5-7-10-21/h11-12,15-16,18,21,24,33H,4-10,13-14,17H2,1-3H3,(H,27,34)/t24-/m0/s1.